The third-order valence-corrected chi connectivity index (χ3v) is 6.33. The molecule has 0 aliphatic carbocycles. The van der Waals surface area contributed by atoms with E-state index >= 15 is 0 Å². The Morgan fingerprint density at radius 1 is 1.14 bits per heavy atom. The maximum Gasteiger partial charge on any atom is 0.407 e. The van der Waals surface area contributed by atoms with Crippen molar-refractivity contribution in [3.8, 4) is 0 Å². The number of fused-ring (bicyclic) bond motifs is 1. The zero-order chi connectivity index (χ0) is 20.7. The molecule has 3 heterocycles. The smallest absolute Gasteiger partial charge is 0.407 e. The minimum Gasteiger partial charge on any atom is -0.465 e. The SMILES string of the molecule is CN1Cc2c(N3CCC(N4CCN(C(=O)O)CC4)CC3)ccc([N+](=O)[O-])c2C1=O. The van der Waals surface area contributed by atoms with Crippen molar-refractivity contribution >= 4 is 23.4 Å². The summed E-state index contributed by atoms with van der Waals surface area (Å²) < 4.78 is 0. The van der Waals surface area contributed by atoms with E-state index in [-0.39, 0.29) is 17.2 Å². The molecule has 1 aromatic carbocycles. The maximum atomic E-state index is 12.4. The number of nitro groups is 1. The number of carbonyl (C=O) groups is 2. The summed E-state index contributed by atoms with van der Waals surface area (Å²) in [6, 6.07) is 3.63. The summed E-state index contributed by atoms with van der Waals surface area (Å²) in [6.07, 6.45) is 1.04. The van der Waals surface area contributed by atoms with Crippen LogP contribution in [0.4, 0.5) is 16.2 Å². The summed E-state index contributed by atoms with van der Waals surface area (Å²) in [4.78, 5) is 42.0. The third kappa shape index (κ3) is 3.48. The highest BCUT2D eigenvalue weighted by Gasteiger charge is 2.37. The van der Waals surface area contributed by atoms with Crippen molar-refractivity contribution < 1.29 is 19.6 Å². The first kappa shape index (κ1) is 19.4. The Morgan fingerprint density at radius 2 is 1.79 bits per heavy atom. The summed E-state index contributed by atoms with van der Waals surface area (Å²) in [6.45, 7) is 4.60. The number of hydrogen-bond donors (Lipinski definition) is 1. The summed E-state index contributed by atoms with van der Waals surface area (Å²) >= 11 is 0. The van der Waals surface area contributed by atoms with Gasteiger partial charge in [0.15, 0.2) is 0 Å². The first-order valence-corrected chi connectivity index (χ1v) is 9.89. The second kappa shape index (κ2) is 7.51. The minimum atomic E-state index is -0.856. The molecule has 0 unspecified atom stereocenters. The van der Waals surface area contributed by atoms with Crippen molar-refractivity contribution in [3.63, 3.8) is 0 Å². The minimum absolute atomic E-state index is 0.121. The molecule has 1 aromatic rings. The van der Waals surface area contributed by atoms with Crippen LogP contribution in [-0.4, -0.2) is 89.1 Å². The highest BCUT2D eigenvalue weighted by atomic mass is 16.6. The van der Waals surface area contributed by atoms with Gasteiger partial charge < -0.3 is 19.8 Å². The lowest BCUT2D eigenvalue weighted by molar-refractivity contribution is -0.385. The monoisotopic (exact) mass is 403 g/mol. The predicted octanol–water partition coefficient (Wildman–Crippen LogP) is 1.44. The van der Waals surface area contributed by atoms with Crippen LogP contribution in [0.1, 0.15) is 28.8 Å². The van der Waals surface area contributed by atoms with Crippen molar-refractivity contribution in [3.05, 3.63) is 33.4 Å². The number of amides is 2. The Balaban J connectivity index is 1.45. The van der Waals surface area contributed by atoms with E-state index < -0.39 is 11.0 Å². The zero-order valence-electron chi connectivity index (χ0n) is 16.4. The van der Waals surface area contributed by atoms with Gasteiger partial charge in [0.2, 0.25) is 0 Å². The number of nitro benzene ring substituents is 1. The van der Waals surface area contributed by atoms with Crippen LogP contribution in [0, 0.1) is 10.1 Å². The lowest BCUT2D eigenvalue weighted by Gasteiger charge is -2.43. The molecule has 3 aliphatic heterocycles. The Morgan fingerprint density at radius 3 is 2.38 bits per heavy atom. The molecule has 0 radical (unpaired) electrons. The molecule has 2 fully saturated rings. The van der Waals surface area contributed by atoms with E-state index in [2.05, 4.69) is 9.80 Å². The van der Waals surface area contributed by atoms with Crippen molar-refractivity contribution in [2.75, 3.05) is 51.2 Å². The van der Waals surface area contributed by atoms with Gasteiger partial charge in [0.05, 0.1) is 4.92 Å². The fraction of sp³-hybridized carbons (Fsp3) is 0.579. The van der Waals surface area contributed by atoms with Gasteiger partial charge in [-0.15, -0.1) is 0 Å². The largest absolute Gasteiger partial charge is 0.465 e. The van der Waals surface area contributed by atoms with Gasteiger partial charge in [-0.05, 0) is 18.9 Å². The average Bonchev–Trinajstić information content (AvgIpc) is 3.02. The van der Waals surface area contributed by atoms with E-state index in [1.807, 2.05) is 0 Å². The second-order valence-corrected chi connectivity index (χ2v) is 7.90. The molecule has 3 aliphatic rings. The van der Waals surface area contributed by atoms with Crippen LogP contribution >= 0.6 is 0 Å². The van der Waals surface area contributed by atoms with Crippen molar-refractivity contribution in [2.45, 2.75) is 25.4 Å². The standard InChI is InChI=1S/C19H25N5O5/c1-20-12-14-15(2-3-16(24(28)29)17(14)18(20)25)22-6-4-13(5-7-22)21-8-10-23(11-9-21)19(26)27/h2-3,13H,4-12H2,1H3,(H,26,27). The molecular formula is C19H25N5O5. The fourth-order valence-electron chi connectivity index (χ4n) is 4.72. The van der Waals surface area contributed by atoms with Crippen LogP contribution in [0.3, 0.4) is 0 Å². The summed E-state index contributed by atoms with van der Waals surface area (Å²) in [5.74, 6) is -0.292. The van der Waals surface area contributed by atoms with Gasteiger partial charge >= 0.3 is 6.09 Å². The van der Waals surface area contributed by atoms with E-state index in [1.54, 1.807) is 13.1 Å². The Kier molecular flexibility index (Phi) is 5.03. The number of piperidine rings is 1. The third-order valence-electron chi connectivity index (χ3n) is 6.33. The summed E-state index contributed by atoms with van der Waals surface area (Å²) in [5, 5.41) is 20.5. The summed E-state index contributed by atoms with van der Waals surface area (Å²) in [7, 11) is 1.67. The van der Waals surface area contributed by atoms with Crippen LogP contribution in [-0.2, 0) is 6.54 Å². The van der Waals surface area contributed by atoms with E-state index in [0.717, 1.165) is 50.3 Å². The van der Waals surface area contributed by atoms with Gasteiger partial charge in [0.1, 0.15) is 5.56 Å². The van der Waals surface area contributed by atoms with Crippen LogP contribution in [0.25, 0.3) is 0 Å². The number of carbonyl (C=O) groups excluding carboxylic acids is 1. The lowest BCUT2D eigenvalue weighted by atomic mass is 9.99. The predicted molar refractivity (Wildman–Crippen MR) is 105 cm³/mol. The van der Waals surface area contributed by atoms with Crippen molar-refractivity contribution in [1.29, 1.82) is 0 Å². The van der Waals surface area contributed by atoms with Crippen LogP contribution in [0.15, 0.2) is 12.1 Å². The van der Waals surface area contributed by atoms with Crippen LogP contribution < -0.4 is 4.90 Å². The molecule has 0 spiro atoms. The topological polar surface area (TPSA) is 110 Å². The number of benzene rings is 1. The molecule has 156 valence electrons. The lowest BCUT2D eigenvalue weighted by Crippen LogP contribution is -2.54. The van der Waals surface area contributed by atoms with Gasteiger partial charge in [-0.1, -0.05) is 0 Å². The number of anilines is 1. The highest BCUT2D eigenvalue weighted by molar-refractivity contribution is 6.03. The van der Waals surface area contributed by atoms with E-state index in [9.17, 15) is 19.7 Å². The molecule has 10 heteroatoms. The molecular weight excluding hydrogens is 378 g/mol. The van der Waals surface area contributed by atoms with Crippen LogP contribution in [0.5, 0.6) is 0 Å². The highest BCUT2D eigenvalue weighted by Crippen LogP contribution is 2.38. The zero-order valence-corrected chi connectivity index (χ0v) is 16.4. The average molecular weight is 403 g/mol. The Labute approximate surface area is 168 Å². The van der Waals surface area contributed by atoms with Gasteiger partial charge in [0, 0.05) is 76.2 Å². The normalized spacial score (nSPS) is 20.9. The molecule has 10 nitrogen and oxygen atoms in total. The Bertz CT molecular complexity index is 844. The van der Waals surface area contributed by atoms with E-state index in [4.69, 9.17) is 5.11 Å². The Hall–Kier alpha value is -2.88. The van der Waals surface area contributed by atoms with Gasteiger partial charge in [-0.3, -0.25) is 19.8 Å². The second-order valence-electron chi connectivity index (χ2n) is 7.90. The van der Waals surface area contributed by atoms with Crippen molar-refractivity contribution in [1.82, 2.24) is 14.7 Å². The van der Waals surface area contributed by atoms with Gasteiger partial charge in [-0.2, -0.15) is 0 Å². The maximum absolute atomic E-state index is 12.4. The van der Waals surface area contributed by atoms with E-state index in [1.165, 1.54) is 15.9 Å². The first-order valence-electron chi connectivity index (χ1n) is 9.89. The molecule has 4 rings (SSSR count). The first-order chi connectivity index (χ1) is 13.9. The molecule has 0 aromatic heterocycles. The molecule has 0 atom stereocenters. The quantitative estimate of drug-likeness (QED) is 0.601. The molecule has 29 heavy (non-hydrogen) atoms. The number of rotatable bonds is 3. The molecule has 2 saturated heterocycles. The van der Waals surface area contributed by atoms with Gasteiger partial charge in [-0.25, -0.2) is 4.79 Å². The molecule has 2 amide bonds. The number of piperazine rings is 1. The van der Waals surface area contributed by atoms with E-state index in [0.29, 0.717) is 25.7 Å². The number of nitrogens with zero attached hydrogens (tertiary/aromatic N) is 5. The van der Waals surface area contributed by atoms with Gasteiger partial charge in [0.25, 0.3) is 11.6 Å². The van der Waals surface area contributed by atoms with Crippen molar-refractivity contribution in [2.24, 2.45) is 0 Å². The number of hydrogen-bond acceptors (Lipinski definition) is 6. The number of carboxylic acid groups (broad SMARTS) is 1. The fourth-order valence-corrected chi connectivity index (χ4v) is 4.72. The summed E-state index contributed by atoms with van der Waals surface area (Å²) in [5.41, 5.74) is 1.77. The molecule has 0 bridgehead atoms. The van der Waals surface area contributed by atoms with Crippen LogP contribution in [0.2, 0.25) is 0 Å². The molecule has 0 saturated carbocycles. The molecule has 1 N–H and O–H groups in total.